The maximum absolute atomic E-state index is 12.6. The van der Waals surface area contributed by atoms with E-state index in [9.17, 15) is 19.8 Å². The average Bonchev–Trinajstić information content (AvgIpc) is 3.58. The smallest absolute Gasteiger partial charge is 0.305 e. The van der Waals surface area contributed by atoms with Crippen LogP contribution in [-0.4, -0.2) is 47.4 Å². The summed E-state index contributed by atoms with van der Waals surface area (Å²) in [5, 5.41) is 23.5. The summed E-state index contributed by atoms with van der Waals surface area (Å²) in [5.74, 6) is -0.00790. The van der Waals surface area contributed by atoms with E-state index in [-0.39, 0.29) is 18.5 Å². The lowest BCUT2D eigenvalue weighted by Crippen LogP contribution is -2.45. The van der Waals surface area contributed by atoms with Gasteiger partial charge in [0.05, 0.1) is 25.4 Å². The molecule has 522 valence electrons. The van der Waals surface area contributed by atoms with Gasteiger partial charge in [0.1, 0.15) is 0 Å². The van der Waals surface area contributed by atoms with E-state index in [0.717, 1.165) is 51.4 Å². The molecule has 0 rings (SSSR count). The van der Waals surface area contributed by atoms with Gasteiger partial charge in [-0.25, -0.2) is 0 Å². The first-order valence-electron chi connectivity index (χ1n) is 40.6. The lowest BCUT2D eigenvalue weighted by atomic mass is 10.0. The first-order chi connectivity index (χ1) is 43.5. The number of amides is 1. The highest BCUT2D eigenvalue weighted by Gasteiger charge is 2.20. The predicted octanol–water partition coefficient (Wildman–Crippen LogP) is 26.8. The molecule has 0 fully saturated rings. The molecule has 0 aliphatic heterocycles. The molecule has 0 saturated carbocycles. The summed E-state index contributed by atoms with van der Waals surface area (Å²) in [6.45, 7) is 4.98. The van der Waals surface area contributed by atoms with Gasteiger partial charge in [0, 0.05) is 12.8 Å². The fourth-order valence-electron chi connectivity index (χ4n) is 13.1. The van der Waals surface area contributed by atoms with Gasteiger partial charge in [0.15, 0.2) is 0 Å². The standard InChI is InChI=1S/C82H159NO5/c1-3-5-7-9-11-13-15-17-19-21-23-24-35-39-42-46-50-54-58-62-66-70-74-80(85)79(78-84)83-81(86)75-71-67-63-59-55-51-47-43-40-36-33-31-29-27-25-26-28-30-32-34-37-41-45-49-53-57-61-65-69-73-77-88-82(87)76-72-68-64-60-56-52-48-44-38-22-20-18-16-14-12-10-8-6-4-2/h12,14,18,20,79-80,84-85H,3-11,13,15-17,19,21-78H2,1-2H3,(H,83,86)/b14-12-,20-18-. The van der Waals surface area contributed by atoms with Crippen molar-refractivity contribution >= 4 is 11.9 Å². The van der Waals surface area contributed by atoms with Crippen molar-refractivity contribution in [1.82, 2.24) is 5.32 Å². The first-order valence-corrected chi connectivity index (χ1v) is 40.6. The number of unbranched alkanes of at least 4 members (excludes halogenated alkanes) is 62. The maximum atomic E-state index is 12.6. The maximum Gasteiger partial charge on any atom is 0.305 e. The summed E-state index contributed by atoms with van der Waals surface area (Å²) in [6.07, 6.45) is 99.9. The van der Waals surface area contributed by atoms with Gasteiger partial charge in [0.25, 0.3) is 0 Å². The second-order valence-electron chi connectivity index (χ2n) is 28.1. The molecule has 0 aromatic rings. The van der Waals surface area contributed by atoms with Crippen molar-refractivity contribution in [2.24, 2.45) is 0 Å². The van der Waals surface area contributed by atoms with Crippen LogP contribution in [0.15, 0.2) is 24.3 Å². The predicted molar refractivity (Wildman–Crippen MR) is 389 cm³/mol. The van der Waals surface area contributed by atoms with Gasteiger partial charge in [-0.15, -0.1) is 0 Å². The minimum Gasteiger partial charge on any atom is -0.466 e. The molecule has 0 heterocycles. The summed E-state index contributed by atoms with van der Waals surface area (Å²) in [4.78, 5) is 24.7. The number of ether oxygens (including phenoxy) is 1. The molecule has 3 N–H and O–H groups in total. The third-order valence-electron chi connectivity index (χ3n) is 19.3. The van der Waals surface area contributed by atoms with Crippen molar-refractivity contribution in [3.05, 3.63) is 24.3 Å². The van der Waals surface area contributed by atoms with Crippen molar-refractivity contribution in [3.8, 4) is 0 Å². The highest BCUT2D eigenvalue weighted by atomic mass is 16.5. The van der Waals surface area contributed by atoms with E-state index in [1.165, 1.54) is 379 Å². The van der Waals surface area contributed by atoms with Crippen LogP contribution < -0.4 is 5.32 Å². The molecule has 0 spiro atoms. The topological polar surface area (TPSA) is 95.9 Å². The Morgan fingerprint density at radius 2 is 0.568 bits per heavy atom. The monoisotopic (exact) mass is 1240 g/mol. The van der Waals surface area contributed by atoms with Crippen molar-refractivity contribution in [2.75, 3.05) is 13.2 Å². The number of carbonyl (C=O) groups excluding carboxylic acids is 2. The quantitative estimate of drug-likeness (QED) is 0.0320. The zero-order valence-corrected chi connectivity index (χ0v) is 60.0. The molecule has 0 aromatic carbocycles. The lowest BCUT2D eigenvalue weighted by Gasteiger charge is -2.22. The number of nitrogens with one attached hydrogen (secondary N) is 1. The van der Waals surface area contributed by atoms with Crippen LogP contribution in [0, 0.1) is 0 Å². The van der Waals surface area contributed by atoms with E-state index in [1.807, 2.05) is 0 Å². The fraction of sp³-hybridized carbons (Fsp3) is 0.927. The van der Waals surface area contributed by atoms with E-state index in [1.54, 1.807) is 0 Å². The molecule has 0 aliphatic carbocycles. The van der Waals surface area contributed by atoms with Crippen molar-refractivity contribution in [2.45, 2.75) is 475 Å². The van der Waals surface area contributed by atoms with E-state index >= 15 is 0 Å². The van der Waals surface area contributed by atoms with Gasteiger partial charge in [-0.1, -0.05) is 417 Å². The molecule has 2 atom stereocenters. The molecular weight excluding hydrogens is 1080 g/mol. The van der Waals surface area contributed by atoms with Gasteiger partial charge in [-0.3, -0.25) is 9.59 Å². The highest BCUT2D eigenvalue weighted by molar-refractivity contribution is 5.76. The molecule has 0 aromatic heterocycles. The second kappa shape index (κ2) is 77.8. The van der Waals surface area contributed by atoms with Crippen LogP contribution in [0.25, 0.3) is 0 Å². The Morgan fingerprint density at radius 3 is 0.886 bits per heavy atom. The molecule has 6 heteroatoms. The molecule has 88 heavy (non-hydrogen) atoms. The summed E-state index contributed by atoms with van der Waals surface area (Å²) in [6, 6.07) is -0.539. The Labute approximate surface area is 551 Å². The van der Waals surface area contributed by atoms with Crippen LogP contribution >= 0.6 is 0 Å². The Bertz CT molecular complexity index is 1380. The normalized spacial score (nSPS) is 12.5. The van der Waals surface area contributed by atoms with Crippen LogP contribution in [-0.2, 0) is 14.3 Å². The molecule has 1 amide bonds. The largest absolute Gasteiger partial charge is 0.466 e. The number of aliphatic hydroxyl groups is 2. The second-order valence-corrected chi connectivity index (χ2v) is 28.1. The van der Waals surface area contributed by atoms with E-state index in [4.69, 9.17) is 4.74 Å². The Balaban J connectivity index is 3.33. The zero-order valence-electron chi connectivity index (χ0n) is 60.0. The molecule has 0 aliphatic rings. The third kappa shape index (κ3) is 73.4. The number of hydrogen-bond donors (Lipinski definition) is 3. The summed E-state index contributed by atoms with van der Waals surface area (Å²) >= 11 is 0. The Hall–Kier alpha value is -1.66. The van der Waals surface area contributed by atoms with Gasteiger partial charge in [-0.2, -0.15) is 0 Å². The first kappa shape index (κ1) is 86.3. The molecule has 6 nitrogen and oxygen atoms in total. The summed E-state index contributed by atoms with van der Waals surface area (Å²) in [7, 11) is 0. The van der Waals surface area contributed by atoms with Crippen LogP contribution in [0.3, 0.4) is 0 Å². The average molecular weight is 1240 g/mol. The lowest BCUT2D eigenvalue weighted by molar-refractivity contribution is -0.143. The number of allylic oxidation sites excluding steroid dienone is 4. The summed E-state index contributed by atoms with van der Waals surface area (Å²) in [5.41, 5.74) is 0. The van der Waals surface area contributed by atoms with Gasteiger partial charge in [-0.05, 0) is 57.8 Å². The fourth-order valence-corrected chi connectivity index (χ4v) is 13.1. The van der Waals surface area contributed by atoms with Crippen LogP contribution in [0.1, 0.15) is 463 Å². The number of esters is 1. The van der Waals surface area contributed by atoms with E-state index in [0.29, 0.717) is 25.9 Å². The molecule has 0 saturated heterocycles. The highest BCUT2D eigenvalue weighted by Crippen LogP contribution is 2.20. The van der Waals surface area contributed by atoms with Gasteiger partial charge < -0.3 is 20.3 Å². The third-order valence-corrected chi connectivity index (χ3v) is 19.3. The number of rotatable bonds is 77. The zero-order chi connectivity index (χ0) is 63.5. The number of hydrogen-bond acceptors (Lipinski definition) is 5. The number of aliphatic hydroxyl groups excluding tert-OH is 2. The Kier molecular flexibility index (Phi) is 76.3. The van der Waals surface area contributed by atoms with E-state index in [2.05, 4.69) is 43.5 Å². The van der Waals surface area contributed by atoms with Crippen molar-refractivity contribution in [1.29, 1.82) is 0 Å². The molecular formula is C82H159NO5. The minimum atomic E-state index is -0.663. The molecule has 0 radical (unpaired) electrons. The van der Waals surface area contributed by atoms with E-state index < -0.39 is 12.1 Å². The molecule has 2 unspecified atom stereocenters. The molecule has 0 bridgehead atoms. The van der Waals surface area contributed by atoms with Crippen LogP contribution in [0.5, 0.6) is 0 Å². The van der Waals surface area contributed by atoms with Crippen molar-refractivity contribution < 1.29 is 24.5 Å². The summed E-state index contributed by atoms with van der Waals surface area (Å²) < 4.78 is 5.52. The minimum absolute atomic E-state index is 0.0175. The van der Waals surface area contributed by atoms with Gasteiger partial charge in [0.2, 0.25) is 5.91 Å². The van der Waals surface area contributed by atoms with Gasteiger partial charge >= 0.3 is 5.97 Å². The SMILES string of the molecule is CCCCC/C=C\C/C=C\CCCCCCCCCCCC(=O)OCCCCCCCCCCCCCCCCCCCCCCCCCCCCCCCCC(=O)NC(CO)C(O)CCCCCCCCCCCCCCCCCCCCCCCC. The van der Waals surface area contributed by atoms with Crippen molar-refractivity contribution in [3.63, 3.8) is 0 Å². The number of carbonyl (C=O) groups is 2. The Morgan fingerprint density at radius 1 is 0.318 bits per heavy atom. The van der Waals surface area contributed by atoms with Crippen LogP contribution in [0.4, 0.5) is 0 Å². The van der Waals surface area contributed by atoms with Crippen LogP contribution in [0.2, 0.25) is 0 Å².